The summed E-state index contributed by atoms with van der Waals surface area (Å²) in [6.45, 7) is 3.60. The van der Waals surface area contributed by atoms with Crippen LogP contribution in [0.3, 0.4) is 0 Å². The second-order valence-corrected chi connectivity index (χ2v) is 4.80. The van der Waals surface area contributed by atoms with Crippen LogP contribution in [0.5, 0.6) is 0 Å². The molecular weight excluding hydrogens is 243 g/mol. The SMILES string of the molecule is CC1CCN(c2cc(C(F)(F)F)cnc2N)CC1. The molecule has 2 rings (SSSR count). The van der Waals surface area contributed by atoms with Gasteiger partial charge in [0.1, 0.15) is 5.82 Å². The first-order chi connectivity index (χ1) is 8.38. The van der Waals surface area contributed by atoms with E-state index in [0.29, 0.717) is 11.6 Å². The van der Waals surface area contributed by atoms with E-state index in [1.54, 1.807) is 0 Å². The highest BCUT2D eigenvalue weighted by Gasteiger charge is 2.32. The third kappa shape index (κ3) is 2.68. The molecule has 0 bridgehead atoms. The molecular formula is C12H16F3N3. The summed E-state index contributed by atoms with van der Waals surface area (Å²) >= 11 is 0. The van der Waals surface area contributed by atoms with Crippen LogP contribution in [-0.4, -0.2) is 18.1 Å². The summed E-state index contributed by atoms with van der Waals surface area (Å²) < 4.78 is 37.9. The van der Waals surface area contributed by atoms with E-state index in [9.17, 15) is 13.2 Å². The van der Waals surface area contributed by atoms with Gasteiger partial charge in [0.05, 0.1) is 11.3 Å². The van der Waals surface area contributed by atoms with Crippen LogP contribution in [0.25, 0.3) is 0 Å². The van der Waals surface area contributed by atoms with Crippen molar-refractivity contribution in [2.24, 2.45) is 5.92 Å². The normalized spacial score (nSPS) is 18.1. The van der Waals surface area contributed by atoms with E-state index in [1.165, 1.54) is 0 Å². The zero-order valence-electron chi connectivity index (χ0n) is 10.2. The zero-order valence-corrected chi connectivity index (χ0v) is 10.2. The minimum absolute atomic E-state index is 0.164. The summed E-state index contributed by atoms with van der Waals surface area (Å²) in [4.78, 5) is 5.54. The fraction of sp³-hybridized carbons (Fsp3) is 0.583. The van der Waals surface area contributed by atoms with Crippen LogP contribution in [0.2, 0.25) is 0 Å². The van der Waals surface area contributed by atoms with E-state index < -0.39 is 11.7 Å². The number of anilines is 2. The van der Waals surface area contributed by atoms with E-state index in [-0.39, 0.29) is 5.82 Å². The van der Waals surface area contributed by atoms with Crippen molar-refractivity contribution in [2.45, 2.75) is 25.9 Å². The highest BCUT2D eigenvalue weighted by atomic mass is 19.4. The minimum Gasteiger partial charge on any atom is -0.382 e. The van der Waals surface area contributed by atoms with E-state index in [2.05, 4.69) is 11.9 Å². The molecule has 1 aliphatic rings. The highest BCUT2D eigenvalue weighted by Crippen LogP contribution is 2.34. The molecule has 0 unspecified atom stereocenters. The Morgan fingerprint density at radius 2 is 1.94 bits per heavy atom. The summed E-state index contributed by atoms with van der Waals surface area (Å²) in [7, 11) is 0. The molecule has 6 heteroatoms. The number of nitrogens with two attached hydrogens (primary N) is 1. The molecule has 3 nitrogen and oxygen atoms in total. The van der Waals surface area contributed by atoms with Crippen molar-refractivity contribution in [2.75, 3.05) is 23.7 Å². The van der Waals surface area contributed by atoms with Crippen LogP contribution < -0.4 is 10.6 Å². The number of nitrogen functional groups attached to an aromatic ring is 1. The number of aromatic nitrogens is 1. The molecule has 18 heavy (non-hydrogen) atoms. The number of pyridine rings is 1. The van der Waals surface area contributed by atoms with Gasteiger partial charge in [0.2, 0.25) is 0 Å². The van der Waals surface area contributed by atoms with E-state index >= 15 is 0 Å². The predicted octanol–water partition coefficient (Wildman–Crippen LogP) is 2.92. The fourth-order valence-corrected chi connectivity index (χ4v) is 2.12. The Balaban J connectivity index is 2.27. The van der Waals surface area contributed by atoms with Gasteiger partial charge in [0, 0.05) is 19.3 Å². The number of rotatable bonds is 1. The maximum absolute atomic E-state index is 12.6. The van der Waals surface area contributed by atoms with Crippen molar-refractivity contribution in [3.8, 4) is 0 Å². The molecule has 2 N–H and O–H groups in total. The molecule has 1 aromatic rings. The van der Waals surface area contributed by atoms with Gasteiger partial charge in [-0.05, 0) is 24.8 Å². The van der Waals surface area contributed by atoms with Crippen molar-refractivity contribution in [3.05, 3.63) is 17.8 Å². The lowest BCUT2D eigenvalue weighted by Gasteiger charge is -2.32. The Morgan fingerprint density at radius 3 is 2.50 bits per heavy atom. The first-order valence-electron chi connectivity index (χ1n) is 5.95. The molecule has 1 aromatic heterocycles. The Morgan fingerprint density at radius 1 is 1.33 bits per heavy atom. The average molecular weight is 259 g/mol. The molecule has 0 spiro atoms. The molecule has 0 aromatic carbocycles. The van der Waals surface area contributed by atoms with Crippen LogP contribution in [-0.2, 0) is 6.18 Å². The van der Waals surface area contributed by atoms with Crippen molar-refractivity contribution < 1.29 is 13.2 Å². The Hall–Kier alpha value is -1.46. The molecule has 0 atom stereocenters. The number of piperidine rings is 1. The quantitative estimate of drug-likeness (QED) is 0.843. The molecule has 1 saturated heterocycles. The lowest BCUT2D eigenvalue weighted by atomic mass is 9.99. The predicted molar refractivity (Wildman–Crippen MR) is 64.3 cm³/mol. The lowest BCUT2D eigenvalue weighted by molar-refractivity contribution is -0.137. The summed E-state index contributed by atoms with van der Waals surface area (Å²) in [5.41, 5.74) is 5.33. The van der Waals surface area contributed by atoms with Crippen LogP contribution in [0.1, 0.15) is 25.3 Å². The summed E-state index contributed by atoms with van der Waals surface area (Å²) in [6.07, 6.45) is -1.66. The van der Waals surface area contributed by atoms with Crippen LogP contribution >= 0.6 is 0 Å². The lowest BCUT2D eigenvalue weighted by Crippen LogP contribution is -2.33. The third-order valence-electron chi connectivity index (χ3n) is 3.35. The third-order valence-corrected chi connectivity index (χ3v) is 3.35. The molecule has 0 saturated carbocycles. The molecule has 1 aliphatic heterocycles. The minimum atomic E-state index is -4.38. The number of halogens is 3. The van der Waals surface area contributed by atoms with Gasteiger partial charge in [-0.15, -0.1) is 0 Å². The zero-order chi connectivity index (χ0) is 13.3. The topological polar surface area (TPSA) is 42.2 Å². The van der Waals surface area contributed by atoms with Gasteiger partial charge in [-0.1, -0.05) is 6.92 Å². The summed E-state index contributed by atoms with van der Waals surface area (Å²) in [5, 5.41) is 0. The number of hydrogen-bond donors (Lipinski definition) is 1. The fourth-order valence-electron chi connectivity index (χ4n) is 2.12. The maximum Gasteiger partial charge on any atom is 0.417 e. The summed E-state index contributed by atoms with van der Waals surface area (Å²) in [5.74, 6) is 0.777. The smallest absolute Gasteiger partial charge is 0.382 e. The summed E-state index contributed by atoms with van der Waals surface area (Å²) in [6, 6.07) is 1.10. The van der Waals surface area contributed by atoms with Crippen molar-refractivity contribution in [1.29, 1.82) is 0 Å². The molecule has 1 fully saturated rings. The van der Waals surface area contributed by atoms with Crippen LogP contribution in [0.15, 0.2) is 12.3 Å². The standard InChI is InChI=1S/C12H16F3N3/c1-8-2-4-18(5-3-8)10-6-9(12(13,14)15)7-17-11(10)16/h6-8H,2-5H2,1H3,(H2,16,17). The van der Waals surface area contributed by atoms with Gasteiger partial charge in [-0.2, -0.15) is 13.2 Å². The molecule has 0 amide bonds. The number of alkyl halides is 3. The molecule has 0 aliphatic carbocycles. The van der Waals surface area contributed by atoms with E-state index in [4.69, 9.17) is 5.73 Å². The first-order valence-corrected chi connectivity index (χ1v) is 5.95. The monoisotopic (exact) mass is 259 g/mol. The van der Waals surface area contributed by atoms with Gasteiger partial charge in [-0.25, -0.2) is 4.98 Å². The van der Waals surface area contributed by atoms with Gasteiger partial charge in [-0.3, -0.25) is 0 Å². The Bertz CT molecular complexity index is 423. The Labute approximate surface area is 104 Å². The molecule has 100 valence electrons. The highest BCUT2D eigenvalue weighted by molar-refractivity contribution is 5.64. The van der Waals surface area contributed by atoms with Crippen molar-refractivity contribution in [1.82, 2.24) is 4.98 Å². The maximum atomic E-state index is 12.6. The van der Waals surface area contributed by atoms with Crippen molar-refractivity contribution >= 4 is 11.5 Å². The Kier molecular flexibility index (Phi) is 3.36. The average Bonchev–Trinajstić information content (AvgIpc) is 2.29. The molecule has 2 heterocycles. The largest absolute Gasteiger partial charge is 0.417 e. The second-order valence-electron chi connectivity index (χ2n) is 4.80. The second kappa shape index (κ2) is 4.66. The van der Waals surface area contributed by atoms with Gasteiger partial charge >= 0.3 is 6.18 Å². The number of hydrogen-bond acceptors (Lipinski definition) is 3. The first kappa shape index (κ1) is 13.0. The molecule has 0 radical (unpaired) electrons. The van der Waals surface area contributed by atoms with E-state index in [1.807, 2.05) is 4.90 Å². The number of nitrogens with zero attached hydrogens (tertiary/aromatic N) is 2. The van der Waals surface area contributed by atoms with Gasteiger partial charge in [0.25, 0.3) is 0 Å². The van der Waals surface area contributed by atoms with Gasteiger partial charge < -0.3 is 10.6 Å². The van der Waals surface area contributed by atoms with Gasteiger partial charge in [0.15, 0.2) is 0 Å². The van der Waals surface area contributed by atoms with Crippen LogP contribution in [0, 0.1) is 5.92 Å². The van der Waals surface area contributed by atoms with Crippen LogP contribution in [0.4, 0.5) is 24.7 Å². The van der Waals surface area contributed by atoms with Crippen molar-refractivity contribution in [3.63, 3.8) is 0 Å². The van der Waals surface area contributed by atoms with E-state index in [0.717, 1.165) is 38.2 Å².